The van der Waals surface area contributed by atoms with Gasteiger partial charge in [0.1, 0.15) is 5.69 Å². The highest BCUT2D eigenvalue weighted by atomic mass is 35.5. The third kappa shape index (κ3) is 3.49. The van der Waals surface area contributed by atoms with Crippen LogP contribution < -0.4 is 5.32 Å². The first kappa shape index (κ1) is 16.0. The molecule has 0 saturated heterocycles. The van der Waals surface area contributed by atoms with E-state index in [0.717, 1.165) is 0 Å². The lowest BCUT2D eigenvalue weighted by Gasteiger charge is -2.31. The van der Waals surface area contributed by atoms with Crippen LogP contribution in [-0.2, 0) is 0 Å². The number of anilines is 1. The standard InChI is InChI=1S/C12H16Cl2N2O3/c1-3-12(4-2,7-17)15-10-5-8(13)9(14)6-11(10)16(18)19/h5-6,15,17H,3-4,7H2,1-2H3. The first-order chi connectivity index (χ1) is 8.89. The molecule has 19 heavy (non-hydrogen) atoms. The number of hydrogen-bond acceptors (Lipinski definition) is 4. The summed E-state index contributed by atoms with van der Waals surface area (Å²) < 4.78 is 0. The van der Waals surface area contributed by atoms with Crippen molar-refractivity contribution in [1.29, 1.82) is 0 Å². The van der Waals surface area contributed by atoms with Gasteiger partial charge in [-0.05, 0) is 18.9 Å². The average Bonchev–Trinajstić information content (AvgIpc) is 2.39. The van der Waals surface area contributed by atoms with Gasteiger partial charge in [-0.2, -0.15) is 0 Å². The maximum absolute atomic E-state index is 11.0. The Hall–Kier alpha value is -1.04. The van der Waals surface area contributed by atoms with Crippen LogP contribution in [0.3, 0.4) is 0 Å². The Morgan fingerprint density at radius 3 is 2.26 bits per heavy atom. The molecular formula is C12H16Cl2N2O3. The number of halogens is 2. The van der Waals surface area contributed by atoms with Gasteiger partial charge >= 0.3 is 0 Å². The molecule has 106 valence electrons. The lowest BCUT2D eigenvalue weighted by Crippen LogP contribution is -2.41. The number of hydrogen-bond donors (Lipinski definition) is 2. The predicted molar refractivity (Wildman–Crippen MR) is 77.1 cm³/mol. The van der Waals surface area contributed by atoms with Crippen molar-refractivity contribution in [3.05, 3.63) is 32.3 Å². The Balaban J connectivity index is 3.26. The summed E-state index contributed by atoms with van der Waals surface area (Å²) in [6.07, 6.45) is 1.24. The van der Waals surface area contributed by atoms with E-state index in [1.54, 1.807) is 0 Å². The largest absolute Gasteiger partial charge is 0.394 e. The summed E-state index contributed by atoms with van der Waals surface area (Å²) in [6.45, 7) is 3.67. The number of nitro benzene ring substituents is 1. The van der Waals surface area contributed by atoms with Crippen molar-refractivity contribution in [3.63, 3.8) is 0 Å². The molecule has 0 unspecified atom stereocenters. The van der Waals surface area contributed by atoms with E-state index in [2.05, 4.69) is 5.32 Å². The van der Waals surface area contributed by atoms with E-state index in [1.165, 1.54) is 12.1 Å². The first-order valence-corrected chi connectivity index (χ1v) is 6.67. The lowest BCUT2D eigenvalue weighted by atomic mass is 9.93. The zero-order chi connectivity index (χ0) is 14.6. The van der Waals surface area contributed by atoms with Crippen LogP contribution in [-0.4, -0.2) is 22.2 Å². The van der Waals surface area contributed by atoms with Gasteiger partial charge in [0.05, 0.1) is 27.1 Å². The summed E-state index contributed by atoms with van der Waals surface area (Å²) in [4.78, 5) is 10.5. The van der Waals surface area contributed by atoms with Crippen LogP contribution in [0.5, 0.6) is 0 Å². The minimum atomic E-state index is -0.609. The molecule has 0 atom stereocenters. The van der Waals surface area contributed by atoms with E-state index >= 15 is 0 Å². The molecular weight excluding hydrogens is 291 g/mol. The lowest BCUT2D eigenvalue weighted by molar-refractivity contribution is -0.384. The predicted octanol–water partition coefficient (Wildman–Crippen LogP) is 3.86. The molecule has 0 aliphatic heterocycles. The summed E-state index contributed by atoms with van der Waals surface area (Å²) in [5, 5.41) is 23.9. The van der Waals surface area contributed by atoms with Crippen LogP contribution in [0.4, 0.5) is 11.4 Å². The van der Waals surface area contributed by atoms with Crippen molar-refractivity contribution in [3.8, 4) is 0 Å². The van der Waals surface area contributed by atoms with Crippen molar-refractivity contribution >= 4 is 34.6 Å². The van der Waals surface area contributed by atoms with Crippen molar-refractivity contribution in [2.24, 2.45) is 0 Å². The molecule has 0 heterocycles. The average molecular weight is 307 g/mol. The van der Waals surface area contributed by atoms with Gasteiger partial charge in [-0.3, -0.25) is 10.1 Å². The second-order valence-corrected chi connectivity index (χ2v) is 5.13. The summed E-state index contributed by atoms with van der Waals surface area (Å²) in [6, 6.07) is 2.62. The Labute approximate surface area is 121 Å². The molecule has 0 aliphatic rings. The van der Waals surface area contributed by atoms with Gasteiger partial charge in [-0.15, -0.1) is 0 Å². The molecule has 2 N–H and O–H groups in total. The van der Waals surface area contributed by atoms with Crippen LogP contribution in [0.15, 0.2) is 12.1 Å². The quantitative estimate of drug-likeness (QED) is 0.618. The Morgan fingerprint density at radius 1 is 1.32 bits per heavy atom. The number of aliphatic hydroxyl groups is 1. The monoisotopic (exact) mass is 306 g/mol. The number of nitro groups is 1. The second-order valence-electron chi connectivity index (χ2n) is 4.31. The smallest absolute Gasteiger partial charge is 0.293 e. The Bertz CT molecular complexity index is 468. The Kier molecular flexibility index (Phi) is 5.40. The molecule has 1 aromatic rings. The maximum Gasteiger partial charge on any atom is 0.293 e. The van der Waals surface area contributed by atoms with E-state index in [9.17, 15) is 15.2 Å². The molecule has 0 saturated carbocycles. The second kappa shape index (κ2) is 6.41. The topological polar surface area (TPSA) is 75.4 Å². The fourth-order valence-electron chi connectivity index (χ4n) is 1.76. The number of benzene rings is 1. The van der Waals surface area contributed by atoms with Gasteiger partial charge in [0.2, 0.25) is 0 Å². The van der Waals surface area contributed by atoms with Crippen molar-refractivity contribution in [2.75, 3.05) is 11.9 Å². The highest BCUT2D eigenvalue weighted by molar-refractivity contribution is 6.42. The van der Waals surface area contributed by atoms with Crippen LogP contribution in [0.1, 0.15) is 26.7 Å². The summed E-state index contributed by atoms with van der Waals surface area (Å²) in [7, 11) is 0. The van der Waals surface area contributed by atoms with E-state index in [1.807, 2.05) is 13.8 Å². The normalized spacial score (nSPS) is 11.4. The number of aliphatic hydroxyl groups excluding tert-OH is 1. The van der Waals surface area contributed by atoms with Crippen LogP contribution in [0.25, 0.3) is 0 Å². The molecule has 0 bridgehead atoms. The third-order valence-corrected chi connectivity index (χ3v) is 4.01. The number of nitrogens with one attached hydrogen (secondary N) is 1. The molecule has 7 heteroatoms. The highest BCUT2D eigenvalue weighted by Crippen LogP contribution is 2.36. The zero-order valence-corrected chi connectivity index (χ0v) is 12.3. The van der Waals surface area contributed by atoms with Gasteiger partial charge in [0, 0.05) is 6.07 Å². The van der Waals surface area contributed by atoms with Gasteiger partial charge in [0.25, 0.3) is 5.69 Å². The number of nitrogens with zero attached hydrogens (tertiary/aromatic N) is 1. The van der Waals surface area contributed by atoms with E-state index in [4.69, 9.17) is 23.2 Å². The molecule has 5 nitrogen and oxygen atoms in total. The van der Waals surface area contributed by atoms with Gasteiger partial charge in [-0.1, -0.05) is 37.0 Å². The van der Waals surface area contributed by atoms with Crippen molar-refractivity contribution in [1.82, 2.24) is 0 Å². The molecule has 1 aromatic carbocycles. The molecule has 0 amide bonds. The maximum atomic E-state index is 11.0. The van der Waals surface area contributed by atoms with Gasteiger partial charge in [0.15, 0.2) is 0 Å². The van der Waals surface area contributed by atoms with Gasteiger partial charge < -0.3 is 10.4 Å². The van der Waals surface area contributed by atoms with Crippen LogP contribution in [0.2, 0.25) is 10.0 Å². The molecule has 0 aromatic heterocycles. The van der Waals surface area contributed by atoms with Crippen molar-refractivity contribution < 1.29 is 10.0 Å². The SMILES string of the molecule is CCC(CC)(CO)Nc1cc(Cl)c(Cl)cc1[N+](=O)[O-]. The summed E-state index contributed by atoms with van der Waals surface area (Å²) in [5.74, 6) is 0. The minimum Gasteiger partial charge on any atom is -0.394 e. The van der Waals surface area contributed by atoms with Crippen molar-refractivity contribution in [2.45, 2.75) is 32.2 Å². The van der Waals surface area contributed by atoms with Crippen LogP contribution in [0, 0.1) is 10.1 Å². The summed E-state index contributed by atoms with van der Waals surface area (Å²) >= 11 is 11.7. The van der Waals surface area contributed by atoms with E-state index in [-0.39, 0.29) is 28.0 Å². The third-order valence-electron chi connectivity index (χ3n) is 3.29. The molecule has 0 spiro atoms. The molecule has 0 radical (unpaired) electrons. The molecule has 0 fully saturated rings. The molecule has 1 rings (SSSR count). The fraction of sp³-hybridized carbons (Fsp3) is 0.500. The van der Waals surface area contributed by atoms with Gasteiger partial charge in [-0.25, -0.2) is 0 Å². The zero-order valence-electron chi connectivity index (χ0n) is 10.7. The molecule has 0 aliphatic carbocycles. The minimum absolute atomic E-state index is 0.126. The number of rotatable bonds is 6. The Morgan fingerprint density at radius 2 is 1.84 bits per heavy atom. The van der Waals surface area contributed by atoms with E-state index in [0.29, 0.717) is 12.8 Å². The first-order valence-electron chi connectivity index (χ1n) is 5.91. The van der Waals surface area contributed by atoms with E-state index < -0.39 is 10.5 Å². The fourth-order valence-corrected chi connectivity index (χ4v) is 2.08. The van der Waals surface area contributed by atoms with Crippen LogP contribution >= 0.6 is 23.2 Å². The summed E-state index contributed by atoms with van der Waals surface area (Å²) in [5.41, 5.74) is -0.506. The highest BCUT2D eigenvalue weighted by Gasteiger charge is 2.28.